The van der Waals surface area contributed by atoms with E-state index in [1.165, 1.54) is 5.57 Å². The van der Waals surface area contributed by atoms with Crippen molar-refractivity contribution in [3.8, 4) is 0 Å². The summed E-state index contributed by atoms with van der Waals surface area (Å²) in [4.78, 5) is 1.13. The highest BCUT2D eigenvalue weighted by molar-refractivity contribution is 7.98. The van der Waals surface area contributed by atoms with Crippen molar-refractivity contribution in [1.82, 2.24) is 0 Å². The molecular formula is C12H13FS. The average Bonchev–Trinajstić information content (AvgIpc) is 2.71. The van der Waals surface area contributed by atoms with Crippen molar-refractivity contribution >= 4 is 17.3 Å². The van der Waals surface area contributed by atoms with Crippen molar-refractivity contribution in [3.05, 3.63) is 35.7 Å². The van der Waals surface area contributed by atoms with Crippen molar-refractivity contribution < 1.29 is 4.39 Å². The maximum atomic E-state index is 13.5. The smallest absolute Gasteiger partial charge is 0.130 e. The summed E-state index contributed by atoms with van der Waals surface area (Å²) in [6.07, 6.45) is 7.45. The highest BCUT2D eigenvalue weighted by atomic mass is 32.2. The number of benzene rings is 1. The van der Waals surface area contributed by atoms with Crippen LogP contribution in [0, 0.1) is 5.82 Å². The zero-order valence-electron chi connectivity index (χ0n) is 8.22. The molecule has 74 valence electrons. The molecule has 0 heterocycles. The van der Waals surface area contributed by atoms with E-state index in [2.05, 4.69) is 6.08 Å². The van der Waals surface area contributed by atoms with Crippen LogP contribution in [0.1, 0.15) is 24.8 Å². The standard InChI is InChI=1S/C12H13FS/c1-14-10-6-7-12(13)11(8-10)9-4-2-3-5-9/h4,6-8H,2-3,5H2,1H3. The Labute approximate surface area is 88.2 Å². The molecule has 0 fully saturated rings. The average molecular weight is 208 g/mol. The van der Waals surface area contributed by atoms with Crippen molar-refractivity contribution in [3.63, 3.8) is 0 Å². The maximum absolute atomic E-state index is 13.5. The van der Waals surface area contributed by atoms with Crippen LogP contribution in [0.25, 0.3) is 5.57 Å². The molecule has 0 amide bonds. The van der Waals surface area contributed by atoms with Crippen LogP contribution in [0.15, 0.2) is 29.2 Å². The predicted molar refractivity (Wildman–Crippen MR) is 60.0 cm³/mol. The molecule has 0 atom stereocenters. The van der Waals surface area contributed by atoms with E-state index in [-0.39, 0.29) is 5.82 Å². The summed E-state index contributed by atoms with van der Waals surface area (Å²) < 4.78 is 13.5. The van der Waals surface area contributed by atoms with Crippen molar-refractivity contribution in [2.45, 2.75) is 24.2 Å². The van der Waals surface area contributed by atoms with E-state index in [0.717, 1.165) is 29.7 Å². The van der Waals surface area contributed by atoms with Gasteiger partial charge in [-0.1, -0.05) is 6.08 Å². The molecule has 2 heteroatoms. The highest BCUT2D eigenvalue weighted by Gasteiger charge is 2.11. The molecular weight excluding hydrogens is 195 g/mol. The van der Waals surface area contributed by atoms with Gasteiger partial charge in [-0.05, 0) is 49.3 Å². The van der Waals surface area contributed by atoms with Crippen molar-refractivity contribution in [1.29, 1.82) is 0 Å². The largest absolute Gasteiger partial charge is 0.206 e. The van der Waals surface area contributed by atoms with E-state index in [9.17, 15) is 4.39 Å². The summed E-state index contributed by atoms with van der Waals surface area (Å²) >= 11 is 1.66. The van der Waals surface area contributed by atoms with Crippen molar-refractivity contribution in [2.75, 3.05) is 6.26 Å². The van der Waals surface area contributed by atoms with Gasteiger partial charge in [0.05, 0.1) is 0 Å². The highest BCUT2D eigenvalue weighted by Crippen LogP contribution is 2.31. The molecule has 0 saturated heterocycles. The van der Waals surface area contributed by atoms with E-state index in [0.29, 0.717) is 0 Å². The van der Waals surface area contributed by atoms with Gasteiger partial charge in [-0.3, -0.25) is 0 Å². The molecule has 0 aliphatic heterocycles. The van der Waals surface area contributed by atoms with Crippen LogP contribution in [0.4, 0.5) is 4.39 Å². The first-order chi connectivity index (χ1) is 6.81. The van der Waals surface area contributed by atoms with Gasteiger partial charge in [-0.2, -0.15) is 0 Å². The van der Waals surface area contributed by atoms with Crippen LogP contribution in [-0.4, -0.2) is 6.26 Å². The lowest BCUT2D eigenvalue weighted by Gasteiger charge is -2.05. The molecule has 0 unspecified atom stereocenters. The van der Waals surface area contributed by atoms with Gasteiger partial charge in [0, 0.05) is 10.5 Å². The Morgan fingerprint density at radius 3 is 2.86 bits per heavy atom. The molecule has 1 aromatic carbocycles. The monoisotopic (exact) mass is 208 g/mol. The van der Waals surface area contributed by atoms with Crippen LogP contribution < -0.4 is 0 Å². The SMILES string of the molecule is CSc1ccc(F)c(C2=CCCC2)c1. The Morgan fingerprint density at radius 2 is 2.21 bits per heavy atom. The second-order valence-corrected chi connectivity index (χ2v) is 4.35. The first-order valence-corrected chi connectivity index (χ1v) is 6.06. The molecule has 1 aromatic rings. The molecule has 0 spiro atoms. The van der Waals surface area contributed by atoms with Crippen LogP contribution in [0.2, 0.25) is 0 Å². The minimum Gasteiger partial charge on any atom is -0.206 e. The van der Waals surface area contributed by atoms with E-state index < -0.39 is 0 Å². The molecule has 1 aliphatic rings. The second-order valence-electron chi connectivity index (χ2n) is 3.47. The lowest BCUT2D eigenvalue weighted by Crippen LogP contribution is -1.88. The summed E-state index contributed by atoms with van der Waals surface area (Å²) in [6, 6.07) is 5.36. The zero-order valence-corrected chi connectivity index (χ0v) is 9.03. The molecule has 0 bridgehead atoms. The van der Waals surface area contributed by atoms with Crippen LogP contribution in [-0.2, 0) is 0 Å². The first-order valence-electron chi connectivity index (χ1n) is 4.84. The minimum atomic E-state index is -0.0871. The van der Waals surface area contributed by atoms with Gasteiger partial charge in [0.1, 0.15) is 5.82 Å². The van der Waals surface area contributed by atoms with Crippen LogP contribution >= 0.6 is 11.8 Å². The van der Waals surface area contributed by atoms with Crippen LogP contribution in [0.3, 0.4) is 0 Å². The van der Waals surface area contributed by atoms with Gasteiger partial charge >= 0.3 is 0 Å². The normalized spacial score (nSPS) is 15.7. The van der Waals surface area contributed by atoms with E-state index in [1.54, 1.807) is 17.8 Å². The summed E-state index contributed by atoms with van der Waals surface area (Å²) in [5.74, 6) is -0.0871. The fraction of sp³-hybridized carbons (Fsp3) is 0.333. The van der Waals surface area contributed by atoms with E-state index >= 15 is 0 Å². The van der Waals surface area contributed by atoms with Gasteiger partial charge in [0.2, 0.25) is 0 Å². The molecule has 0 N–H and O–H groups in total. The molecule has 0 radical (unpaired) electrons. The Bertz CT molecular complexity index is 369. The summed E-state index contributed by atoms with van der Waals surface area (Å²) in [5.41, 5.74) is 1.98. The van der Waals surface area contributed by atoms with Gasteiger partial charge < -0.3 is 0 Å². The quantitative estimate of drug-likeness (QED) is 0.659. The summed E-state index contributed by atoms with van der Waals surface area (Å²) in [5, 5.41) is 0. The Morgan fingerprint density at radius 1 is 1.36 bits per heavy atom. The number of hydrogen-bond acceptors (Lipinski definition) is 1. The third-order valence-corrected chi connectivity index (χ3v) is 3.29. The topological polar surface area (TPSA) is 0 Å². The van der Waals surface area contributed by atoms with Crippen LogP contribution in [0.5, 0.6) is 0 Å². The third kappa shape index (κ3) is 1.85. The number of rotatable bonds is 2. The number of allylic oxidation sites excluding steroid dienone is 2. The van der Waals surface area contributed by atoms with Gasteiger partial charge in [0.25, 0.3) is 0 Å². The molecule has 0 nitrogen and oxygen atoms in total. The Kier molecular flexibility index (Phi) is 2.92. The minimum absolute atomic E-state index is 0.0871. The Balaban J connectivity index is 2.40. The van der Waals surface area contributed by atoms with E-state index in [4.69, 9.17) is 0 Å². The second kappa shape index (κ2) is 4.18. The molecule has 0 saturated carbocycles. The van der Waals surface area contributed by atoms with Crippen molar-refractivity contribution in [2.24, 2.45) is 0 Å². The maximum Gasteiger partial charge on any atom is 0.130 e. The number of halogens is 1. The summed E-state index contributed by atoms with van der Waals surface area (Å²) in [7, 11) is 0. The summed E-state index contributed by atoms with van der Waals surface area (Å²) in [6.45, 7) is 0. The van der Waals surface area contributed by atoms with E-state index in [1.807, 2.05) is 18.4 Å². The molecule has 0 aromatic heterocycles. The fourth-order valence-corrected chi connectivity index (χ4v) is 2.23. The fourth-order valence-electron chi connectivity index (χ4n) is 1.79. The predicted octanol–water partition coefficient (Wildman–Crippen LogP) is 4.11. The van der Waals surface area contributed by atoms with Gasteiger partial charge in [-0.25, -0.2) is 4.39 Å². The van der Waals surface area contributed by atoms with Gasteiger partial charge in [-0.15, -0.1) is 11.8 Å². The number of thioether (sulfide) groups is 1. The first kappa shape index (κ1) is 9.78. The number of hydrogen-bond donors (Lipinski definition) is 0. The lowest BCUT2D eigenvalue weighted by atomic mass is 10.1. The molecule has 14 heavy (non-hydrogen) atoms. The molecule has 2 rings (SSSR count). The lowest BCUT2D eigenvalue weighted by molar-refractivity contribution is 0.622. The van der Waals surface area contributed by atoms with Gasteiger partial charge in [0.15, 0.2) is 0 Å². The third-order valence-electron chi connectivity index (χ3n) is 2.56. The Hall–Kier alpha value is -0.760. The zero-order chi connectivity index (χ0) is 9.97. The molecule has 1 aliphatic carbocycles.